The number of aromatic nitrogens is 1. The molecule has 3 rings (SSSR count). The minimum atomic E-state index is -0.322. The van der Waals surface area contributed by atoms with E-state index < -0.39 is 0 Å². The van der Waals surface area contributed by atoms with Crippen LogP contribution in [0.25, 0.3) is 22.4 Å². The van der Waals surface area contributed by atoms with Gasteiger partial charge >= 0.3 is 0 Å². The van der Waals surface area contributed by atoms with Gasteiger partial charge in [-0.25, -0.2) is 4.39 Å². The number of nitrogens with two attached hydrogens (primary N) is 1. The summed E-state index contributed by atoms with van der Waals surface area (Å²) in [5.41, 5.74) is 8.38. The fourth-order valence-corrected chi connectivity index (χ4v) is 2.83. The molecule has 0 amide bonds. The molecule has 6 heteroatoms. The van der Waals surface area contributed by atoms with Crippen LogP contribution in [0.5, 0.6) is 0 Å². The van der Waals surface area contributed by atoms with Gasteiger partial charge in [0, 0.05) is 10.0 Å². The van der Waals surface area contributed by atoms with Crippen molar-refractivity contribution in [2.24, 2.45) is 0 Å². The van der Waals surface area contributed by atoms with Crippen molar-refractivity contribution >= 4 is 33.4 Å². The third kappa shape index (κ3) is 2.66. The van der Waals surface area contributed by atoms with Gasteiger partial charge in [0.15, 0.2) is 0 Å². The van der Waals surface area contributed by atoms with Crippen LogP contribution in [0.4, 0.5) is 10.3 Å². The maximum atomic E-state index is 13.1. The third-order valence-electron chi connectivity index (χ3n) is 3.04. The van der Waals surface area contributed by atoms with Gasteiger partial charge in [0.1, 0.15) is 11.5 Å². The summed E-state index contributed by atoms with van der Waals surface area (Å²) in [6, 6.07) is 11.4. The van der Waals surface area contributed by atoms with Gasteiger partial charge in [-0.3, -0.25) is 0 Å². The molecule has 3 nitrogen and oxygen atoms in total. The summed E-state index contributed by atoms with van der Waals surface area (Å²) in [5.74, 6) is -0.160. The molecule has 106 valence electrons. The molecule has 1 heterocycles. The number of nitrogen functional groups attached to an aromatic ring is 1. The Hall–Kier alpha value is -1.85. The molecular weight excluding hydrogens is 359 g/mol. The minimum absolute atomic E-state index is 0.163. The van der Waals surface area contributed by atoms with Crippen LogP contribution in [0, 0.1) is 5.82 Å². The van der Waals surface area contributed by atoms with Crippen molar-refractivity contribution < 1.29 is 8.91 Å². The molecule has 1 aromatic heterocycles. The Morgan fingerprint density at radius 1 is 1.14 bits per heavy atom. The number of rotatable bonds is 2. The maximum Gasteiger partial charge on any atom is 0.230 e. The smallest absolute Gasteiger partial charge is 0.230 e. The molecule has 0 unspecified atom stereocenters. The summed E-state index contributed by atoms with van der Waals surface area (Å²) in [5, 5.41) is 4.50. The van der Waals surface area contributed by atoms with Crippen molar-refractivity contribution in [3.63, 3.8) is 0 Å². The average molecular weight is 368 g/mol. The van der Waals surface area contributed by atoms with Crippen molar-refractivity contribution in [2.45, 2.75) is 0 Å². The topological polar surface area (TPSA) is 52.0 Å². The number of hydrogen-bond acceptors (Lipinski definition) is 3. The van der Waals surface area contributed by atoms with E-state index in [4.69, 9.17) is 21.9 Å². The zero-order chi connectivity index (χ0) is 15.0. The van der Waals surface area contributed by atoms with Gasteiger partial charge in [0.25, 0.3) is 0 Å². The fourth-order valence-electron chi connectivity index (χ4n) is 2.06. The van der Waals surface area contributed by atoms with Gasteiger partial charge in [-0.2, -0.15) is 0 Å². The monoisotopic (exact) mass is 366 g/mol. The Kier molecular flexibility index (Phi) is 3.69. The second-order valence-corrected chi connectivity index (χ2v) is 5.72. The average Bonchev–Trinajstić information content (AvgIpc) is 2.82. The van der Waals surface area contributed by atoms with Crippen LogP contribution < -0.4 is 5.73 Å². The van der Waals surface area contributed by atoms with Crippen molar-refractivity contribution in [3.8, 4) is 22.4 Å². The van der Waals surface area contributed by atoms with E-state index in [-0.39, 0.29) is 11.7 Å². The first-order valence-electron chi connectivity index (χ1n) is 6.03. The van der Waals surface area contributed by atoms with Gasteiger partial charge < -0.3 is 10.3 Å². The van der Waals surface area contributed by atoms with E-state index in [1.165, 1.54) is 12.1 Å². The molecule has 0 aliphatic rings. The van der Waals surface area contributed by atoms with E-state index in [2.05, 4.69) is 21.1 Å². The van der Waals surface area contributed by atoms with Crippen molar-refractivity contribution in [1.29, 1.82) is 0 Å². The van der Waals surface area contributed by atoms with Crippen LogP contribution in [0.1, 0.15) is 0 Å². The van der Waals surface area contributed by atoms with Crippen molar-refractivity contribution in [3.05, 3.63) is 57.8 Å². The Morgan fingerprint density at radius 3 is 2.52 bits per heavy atom. The number of hydrogen-bond donors (Lipinski definition) is 1. The molecule has 0 fully saturated rings. The summed E-state index contributed by atoms with van der Waals surface area (Å²) in [4.78, 5) is 0. The molecular formula is C15H9BrClFN2O. The van der Waals surface area contributed by atoms with Crippen LogP contribution in [0.15, 0.2) is 51.5 Å². The normalized spacial score (nSPS) is 10.8. The third-order valence-corrected chi connectivity index (χ3v) is 3.84. The second-order valence-electron chi connectivity index (χ2n) is 4.40. The molecule has 0 saturated heterocycles. The molecule has 0 saturated carbocycles. The zero-order valence-corrected chi connectivity index (χ0v) is 13.0. The maximum absolute atomic E-state index is 13.1. The SMILES string of the molecule is Nc1onc(-c2ccc(Br)cc2Cl)c1-c1ccc(F)cc1. The predicted molar refractivity (Wildman–Crippen MR) is 84.5 cm³/mol. The Balaban J connectivity index is 2.19. The molecule has 2 aromatic carbocycles. The van der Waals surface area contributed by atoms with Crippen LogP contribution in [-0.2, 0) is 0 Å². The lowest BCUT2D eigenvalue weighted by Gasteiger charge is -2.05. The highest BCUT2D eigenvalue weighted by molar-refractivity contribution is 9.10. The number of nitrogens with zero attached hydrogens (tertiary/aromatic N) is 1. The van der Waals surface area contributed by atoms with Crippen molar-refractivity contribution in [2.75, 3.05) is 5.73 Å². The fraction of sp³-hybridized carbons (Fsp3) is 0. The first kappa shape index (κ1) is 14.1. The van der Waals surface area contributed by atoms with E-state index in [9.17, 15) is 4.39 Å². The van der Waals surface area contributed by atoms with Crippen LogP contribution in [0.3, 0.4) is 0 Å². The second kappa shape index (κ2) is 5.50. The van der Waals surface area contributed by atoms with Gasteiger partial charge in [-0.1, -0.05) is 50.9 Å². The zero-order valence-electron chi connectivity index (χ0n) is 10.6. The highest BCUT2D eigenvalue weighted by Crippen LogP contribution is 2.39. The number of halogens is 3. The van der Waals surface area contributed by atoms with Crippen LogP contribution >= 0.6 is 27.5 Å². The van der Waals surface area contributed by atoms with E-state index in [0.29, 0.717) is 27.4 Å². The Morgan fingerprint density at radius 2 is 1.86 bits per heavy atom. The van der Waals surface area contributed by atoms with Crippen molar-refractivity contribution in [1.82, 2.24) is 5.16 Å². The summed E-state index contributed by atoms with van der Waals surface area (Å²) < 4.78 is 19.0. The summed E-state index contributed by atoms with van der Waals surface area (Å²) in [7, 11) is 0. The molecule has 0 spiro atoms. The highest BCUT2D eigenvalue weighted by Gasteiger charge is 2.19. The molecule has 0 bridgehead atoms. The first-order valence-corrected chi connectivity index (χ1v) is 7.20. The largest absolute Gasteiger partial charge is 0.367 e. The van der Waals surface area contributed by atoms with Crippen LogP contribution in [-0.4, -0.2) is 5.16 Å². The molecule has 0 aliphatic carbocycles. The quantitative estimate of drug-likeness (QED) is 0.682. The summed E-state index contributed by atoms with van der Waals surface area (Å²) >= 11 is 9.60. The van der Waals surface area contributed by atoms with Crippen LogP contribution in [0.2, 0.25) is 5.02 Å². The van der Waals surface area contributed by atoms with E-state index in [0.717, 1.165) is 4.47 Å². The number of benzene rings is 2. The van der Waals surface area contributed by atoms with E-state index in [1.54, 1.807) is 18.2 Å². The lowest BCUT2D eigenvalue weighted by Crippen LogP contribution is -1.89. The molecule has 3 aromatic rings. The van der Waals surface area contributed by atoms with Gasteiger partial charge in [0.2, 0.25) is 5.88 Å². The number of anilines is 1. The van der Waals surface area contributed by atoms with E-state index in [1.807, 2.05) is 12.1 Å². The van der Waals surface area contributed by atoms with E-state index >= 15 is 0 Å². The molecule has 21 heavy (non-hydrogen) atoms. The molecule has 0 atom stereocenters. The summed E-state index contributed by atoms with van der Waals surface area (Å²) in [6.45, 7) is 0. The highest BCUT2D eigenvalue weighted by atomic mass is 79.9. The van der Waals surface area contributed by atoms with Gasteiger partial charge in [-0.05, 0) is 29.8 Å². The molecule has 0 aliphatic heterocycles. The Bertz CT molecular complexity index is 802. The standard InChI is InChI=1S/C15H9BrClFN2O/c16-9-3-6-11(12(17)7-9)14-13(15(19)21-20-14)8-1-4-10(18)5-2-8/h1-7H,19H2. The van der Waals surface area contributed by atoms with Gasteiger partial charge in [-0.15, -0.1) is 0 Å². The lowest BCUT2D eigenvalue weighted by atomic mass is 10.0. The Labute approximate surface area is 133 Å². The summed E-state index contributed by atoms with van der Waals surface area (Å²) in [6.07, 6.45) is 0. The molecule has 2 N–H and O–H groups in total. The minimum Gasteiger partial charge on any atom is -0.367 e. The van der Waals surface area contributed by atoms with Gasteiger partial charge in [0.05, 0.1) is 10.6 Å². The predicted octanol–water partition coefficient (Wildman–Crippen LogP) is 5.15. The first-order chi connectivity index (χ1) is 10.1. The molecule has 0 radical (unpaired) electrons. The lowest BCUT2D eigenvalue weighted by molar-refractivity contribution is 0.439.